The zero-order valence-corrected chi connectivity index (χ0v) is 15.1. The largest absolute Gasteiger partial charge is 0.433 e. The highest BCUT2D eigenvalue weighted by Gasteiger charge is 2.15. The van der Waals surface area contributed by atoms with E-state index in [0.29, 0.717) is 6.54 Å². The van der Waals surface area contributed by atoms with Crippen LogP contribution in [-0.4, -0.2) is 23.9 Å². The lowest BCUT2D eigenvalue weighted by molar-refractivity contribution is -0.918. The molecule has 27 heavy (non-hydrogen) atoms. The van der Waals surface area contributed by atoms with Gasteiger partial charge in [-0.05, 0) is 37.0 Å². The first-order valence-electron chi connectivity index (χ1n) is 9.22. The maximum Gasteiger partial charge on any atom is 0.433 e. The van der Waals surface area contributed by atoms with E-state index in [9.17, 15) is 14.9 Å². The third kappa shape index (κ3) is 5.52. The molecule has 1 fully saturated rings. The van der Waals surface area contributed by atoms with Gasteiger partial charge < -0.3 is 14.6 Å². The van der Waals surface area contributed by atoms with E-state index in [0.717, 1.165) is 12.1 Å². The number of hydrogen-bond donors (Lipinski definition) is 2. The number of rotatable bonds is 7. The molecule has 0 spiro atoms. The molecule has 7 nitrogen and oxygen atoms in total. The first-order chi connectivity index (χ1) is 13.1. The van der Waals surface area contributed by atoms with Crippen molar-refractivity contribution in [1.82, 2.24) is 5.32 Å². The van der Waals surface area contributed by atoms with Gasteiger partial charge >= 0.3 is 5.88 Å². The van der Waals surface area contributed by atoms with Crippen LogP contribution in [0.5, 0.6) is 0 Å². The van der Waals surface area contributed by atoms with Gasteiger partial charge in [-0.15, -0.1) is 0 Å². The zero-order valence-electron chi connectivity index (χ0n) is 15.1. The highest BCUT2D eigenvalue weighted by molar-refractivity contribution is 5.91. The van der Waals surface area contributed by atoms with E-state index < -0.39 is 4.92 Å². The average Bonchev–Trinajstić information content (AvgIpc) is 3.16. The van der Waals surface area contributed by atoms with Gasteiger partial charge in [0, 0.05) is 18.2 Å². The third-order valence-electron chi connectivity index (χ3n) is 4.76. The fourth-order valence-electron chi connectivity index (χ4n) is 3.33. The number of nitro groups is 1. The molecular formula is C20H24N3O4+. The van der Waals surface area contributed by atoms with Crippen LogP contribution in [0.15, 0.2) is 46.9 Å². The standard InChI is InChI=1S/C20H23N3O4/c24-19(10-8-18-9-11-20(27-18)23(25)26)21-14-16-6-2-3-7-17(16)15-22-12-4-1-5-13-22/h2-3,6-11H,1,4-5,12-15H2,(H,21,24)/p+1/b10-8+. The molecule has 0 saturated carbocycles. The summed E-state index contributed by atoms with van der Waals surface area (Å²) >= 11 is 0. The Labute approximate surface area is 157 Å². The predicted molar refractivity (Wildman–Crippen MR) is 101 cm³/mol. The minimum atomic E-state index is -0.612. The summed E-state index contributed by atoms with van der Waals surface area (Å²) < 4.78 is 4.99. The summed E-state index contributed by atoms with van der Waals surface area (Å²) in [5, 5.41) is 13.5. The minimum Gasteiger partial charge on any atom is -0.401 e. The lowest BCUT2D eigenvalue weighted by Gasteiger charge is -2.24. The van der Waals surface area contributed by atoms with Crippen LogP contribution in [0.25, 0.3) is 6.08 Å². The minimum absolute atomic E-state index is 0.269. The number of nitrogens with one attached hydrogen (secondary N) is 2. The number of quaternary nitrogens is 1. The van der Waals surface area contributed by atoms with Crippen molar-refractivity contribution in [1.29, 1.82) is 0 Å². The predicted octanol–water partition coefficient (Wildman–Crippen LogP) is 2.09. The number of nitrogens with zero attached hydrogens (tertiary/aromatic N) is 1. The number of carbonyl (C=O) groups excluding carboxylic acids is 1. The smallest absolute Gasteiger partial charge is 0.401 e. The second-order valence-corrected chi connectivity index (χ2v) is 6.74. The number of carbonyl (C=O) groups is 1. The van der Waals surface area contributed by atoms with Crippen molar-refractivity contribution in [2.75, 3.05) is 13.1 Å². The van der Waals surface area contributed by atoms with Gasteiger partial charge in [-0.25, -0.2) is 0 Å². The van der Waals surface area contributed by atoms with Crippen molar-refractivity contribution in [2.45, 2.75) is 32.4 Å². The van der Waals surface area contributed by atoms with Gasteiger partial charge in [-0.1, -0.05) is 24.3 Å². The second-order valence-electron chi connectivity index (χ2n) is 6.74. The number of amides is 1. The summed E-state index contributed by atoms with van der Waals surface area (Å²) in [5.74, 6) is -0.343. The van der Waals surface area contributed by atoms with E-state index in [4.69, 9.17) is 4.42 Å². The molecule has 3 rings (SSSR count). The molecule has 2 aromatic rings. The zero-order chi connectivity index (χ0) is 19.1. The first kappa shape index (κ1) is 18.8. The van der Waals surface area contributed by atoms with Crippen molar-refractivity contribution in [3.63, 3.8) is 0 Å². The lowest BCUT2D eigenvalue weighted by atomic mass is 10.0. The van der Waals surface area contributed by atoms with Crippen LogP contribution in [0.3, 0.4) is 0 Å². The Morgan fingerprint density at radius 2 is 1.89 bits per heavy atom. The molecule has 1 saturated heterocycles. The van der Waals surface area contributed by atoms with Gasteiger partial charge in [0.15, 0.2) is 0 Å². The van der Waals surface area contributed by atoms with Crippen molar-refractivity contribution in [2.24, 2.45) is 0 Å². The summed E-state index contributed by atoms with van der Waals surface area (Å²) in [6, 6.07) is 10.9. The molecule has 0 aliphatic carbocycles. The molecule has 142 valence electrons. The molecule has 2 heterocycles. The van der Waals surface area contributed by atoms with Crippen LogP contribution in [0.1, 0.15) is 36.1 Å². The Morgan fingerprint density at radius 3 is 2.59 bits per heavy atom. The Hall–Kier alpha value is -2.93. The SMILES string of the molecule is O=C(/C=C/c1ccc([N+](=O)[O-])o1)NCc1ccccc1C[NH+]1CCCCC1. The van der Waals surface area contributed by atoms with E-state index in [-0.39, 0.29) is 17.6 Å². The second kappa shape index (κ2) is 9.14. The fourth-order valence-corrected chi connectivity index (χ4v) is 3.33. The van der Waals surface area contributed by atoms with Gasteiger partial charge in [0.05, 0.1) is 19.2 Å². The van der Waals surface area contributed by atoms with Gasteiger partial charge in [0.25, 0.3) is 0 Å². The Kier molecular flexibility index (Phi) is 6.38. The quantitative estimate of drug-likeness (QED) is 0.444. The fraction of sp³-hybridized carbons (Fsp3) is 0.350. The molecular weight excluding hydrogens is 346 g/mol. The molecule has 0 unspecified atom stereocenters. The van der Waals surface area contributed by atoms with Crippen molar-refractivity contribution in [3.05, 3.63) is 69.5 Å². The normalized spacial score (nSPS) is 15.1. The molecule has 1 aromatic carbocycles. The van der Waals surface area contributed by atoms with Crippen LogP contribution in [0.2, 0.25) is 0 Å². The van der Waals surface area contributed by atoms with E-state index in [2.05, 4.69) is 11.4 Å². The Bertz CT molecular complexity index is 822. The van der Waals surface area contributed by atoms with Crippen LogP contribution in [0.4, 0.5) is 5.88 Å². The number of piperidine rings is 1. The summed E-state index contributed by atoms with van der Waals surface area (Å²) in [6.45, 7) is 3.85. The van der Waals surface area contributed by atoms with Crippen LogP contribution < -0.4 is 10.2 Å². The monoisotopic (exact) mass is 370 g/mol. The summed E-state index contributed by atoms with van der Waals surface area (Å²) in [6.07, 6.45) is 6.63. The highest BCUT2D eigenvalue weighted by atomic mass is 16.6. The average molecular weight is 370 g/mol. The Morgan fingerprint density at radius 1 is 1.15 bits per heavy atom. The van der Waals surface area contributed by atoms with E-state index >= 15 is 0 Å². The molecule has 2 N–H and O–H groups in total. The molecule has 1 amide bonds. The molecule has 1 aromatic heterocycles. The molecule has 0 atom stereocenters. The van der Waals surface area contributed by atoms with Crippen LogP contribution in [0, 0.1) is 10.1 Å². The van der Waals surface area contributed by atoms with Crippen molar-refractivity contribution >= 4 is 17.9 Å². The third-order valence-corrected chi connectivity index (χ3v) is 4.76. The summed E-state index contributed by atoms with van der Waals surface area (Å²) in [7, 11) is 0. The molecule has 0 radical (unpaired) electrons. The van der Waals surface area contributed by atoms with E-state index in [1.165, 1.54) is 62.2 Å². The van der Waals surface area contributed by atoms with Gasteiger partial charge in [0.2, 0.25) is 5.91 Å². The van der Waals surface area contributed by atoms with E-state index in [1.54, 1.807) is 4.90 Å². The van der Waals surface area contributed by atoms with Gasteiger partial charge in [-0.2, -0.15) is 0 Å². The number of hydrogen-bond acceptors (Lipinski definition) is 4. The number of benzene rings is 1. The van der Waals surface area contributed by atoms with Gasteiger partial charge in [0.1, 0.15) is 17.2 Å². The Balaban J connectivity index is 1.55. The number of furan rings is 1. The number of likely N-dealkylation sites (tertiary alicyclic amines) is 1. The summed E-state index contributed by atoms with van der Waals surface area (Å²) in [5.41, 5.74) is 2.38. The van der Waals surface area contributed by atoms with Crippen LogP contribution in [-0.2, 0) is 17.9 Å². The summed E-state index contributed by atoms with van der Waals surface area (Å²) in [4.78, 5) is 23.6. The lowest BCUT2D eigenvalue weighted by Crippen LogP contribution is -3.11. The maximum absolute atomic E-state index is 12.1. The maximum atomic E-state index is 12.1. The van der Waals surface area contributed by atoms with Crippen LogP contribution >= 0.6 is 0 Å². The van der Waals surface area contributed by atoms with Crippen molar-refractivity contribution < 1.29 is 19.0 Å². The molecule has 0 bridgehead atoms. The molecule has 1 aliphatic heterocycles. The van der Waals surface area contributed by atoms with Crippen molar-refractivity contribution in [3.8, 4) is 0 Å². The molecule has 7 heteroatoms. The molecule has 1 aliphatic rings. The topological polar surface area (TPSA) is 89.8 Å². The van der Waals surface area contributed by atoms with E-state index in [1.807, 2.05) is 18.2 Å². The highest BCUT2D eigenvalue weighted by Crippen LogP contribution is 2.16. The van der Waals surface area contributed by atoms with Gasteiger partial charge in [-0.3, -0.25) is 14.9 Å². The first-order valence-corrected chi connectivity index (χ1v) is 9.22.